The predicted molar refractivity (Wildman–Crippen MR) is 172 cm³/mol. The first-order valence-corrected chi connectivity index (χ1v) is 14.3. The summed E-state index contributed by atoms with van der Waals surface area (Å²) >= 11 is 0. The summed E-state index contributed by atoms with van der Waals surface area (Å²) in [6, 6.07) is 35.4. The number of nitrogens with zero attached hydrogens (tertiary/aromatic N) is 6. The normalized spacial score (nSPS) is 14.0. The molecular formula is C34H40N6. The van der Waals surface area contributed by atoms with Gasteiger partial charge in [-0.05, 0) is 85.6 Å². The zero-order chi connectivity index (χ0) is 27.6. The Balaban J connectivity index is 1.09. The van der Waals surface area contributed by atoms with E-state index in [1.807, 2.05) is 0 Å². The fourth-order valence-corrected chi connectivity index (χ4v) is 5.86. The molecule has 2 heterocycles. The van der Waals surface area contributed by atoms with Gasteiger partial charge < -0.3 is 29.4 Å². The molecule has 0 amide bonds. The highest BCUT2D eigenvalue weighted by molar-refractivity contribution is 5.83. The molecule has 0 spiro atoms. The third kappa shape index (κ3) is 5.02. The van der Waals surface area contributed by atoms with Crippen LogP contribution < -0.4 is 29.4 Å². The minimum Gasteiger partial charge on any atom is -0.378 e. The molecule has 0 N–H and O–H groups in total. The van der Waals surface area contributed by atoms with Crippen molar-refractivity contribution in [1.29, 1.82) is 0 Å². The minimum atomic E-state index is 0.893. The second-order valence-corrected chi connectivity index (χ2v) is 11.2. The molecule has 0 atom stereocenters. The second-order valence-electron chi connectivity index (χ2n) is 11.2. The van der Waals surface area contributed by atoms with Gasteiger partial charge in [-0.15, -0.1) is 0 Å². The highest BCUT2D eigenvalue weighted by atomic mass is 15.4. The van der Waals surface area contributed by atoms with Crippen molar-refractivity contribution in [2.24, 2.45) is 0 Å². The van der Waals surface area contributed by atoms with E-state index < -0.39 is 0 Å². The predicted octanol–water partition coefficient (Wildman–Crippen LogP) is 7.13. The lowest BCUT2D eigenvalue weighted by atomic mass is 10.2. The molecule has 0 aromatic heterocycles. The summed E-state index contributed by atoms with van der Waals surface area (Å²) in [5.41, 5.74) is 10.2. The lowest BCUT2D eigenvalue weighted by Gasteiger charge is -2.24. The first-order chi connectivity index (χ1) is 19.5. The second kappa shape index (κ2) is 11.0. The summed E-state index contributed by atoms with van der Waals surface area (Å²) in [7, 11) is 8.34. The summed E-state index contributed by atoms with van der Waals surface area (Å²) in [6.07, 6.45) is 2.30. The quantitative estimate of drug-likeness (QED) is 0.212. The van der Waals surface area contributed by atoms with E-state index in [9.17, 15) is 0 Å². The van der Waals surface area contributed by atoms with E-state index in [4.69, 9.17) is 0 Å². The average molecular weight is 533 g/mol. The smallest absolute Gasteiger partial charge is 0.0953 e. The lowest BCUT2D eigenvalue weighted by Crippen LogP contribution is -2.31. The number of unbranched alkanes of at least 4 members (excludes halogenated alkanes) is 1. The first-order valence-electron chi connectivity index (χ1n) is 14.3. The minimum absolute atomic E-state index is 0.893. The Morgan fingerprint density at radius 3 is 1.18 bits per heavy atom. The molecule has 6 heteroatoms. The molecule has 0 unspecified atom stereocenters. The highest BCUT2D eigenvalue weighted by Gasteiger charge is 2.28. The molecule has 0 radical (unpaired) electrons. The zero-order valence-corrected chi connectivity index (χ0v) is 24.2. The third-order valence-electron chi connectivity index (χ3n) is 8.11. The van der Waals surface area contributed by atoms with Crippen molar-refractivity contribution < 1.29 is 0 Å². The Morgan fingerprint density at radius 2 is 0.825 bits per heavy atom. The molecular weight excluding hydrogens is 492 g/mol. The molecule has 0 aliphatic carbocycles. The maximum absolute atomic E-state index is 2.53. The van der Waals surface area contributed by atoms with Gasteiger partial charge in [-0.1, -0.05) is 24.3 Å². The molecule has 0 fully saturated rings. The van der Waals surface area contributed by atoms with Crippen LogP contribution in [0.3, 0.4) is 0 Å². The fraction of sp³-hybridized carbons (Fsp3) is 0.294. The third-order valence-corrected chi connectivity index (χ3v) is 8.11. The number of fused-ring (bicyclic) bond motifs is 2. The molecule has 2 aliphatic rings. The number of benzene rings is 4. The maximum atomic E-state index is 2.53. The van der Waals surface area contributed by atoms with Crippen LogP contribution in [0.1, 0.15) is 12.8 Å². The van der Waals surface area contributed by atoms with E-state index in [1.165, 1.54) is 45.5 Å². The van der Waals surface area contributed by atoms with E-state index in [0.29, 0.717) is 0 Å². The van der Waals surface area contributed by atoms with Gasteiger partial charge in [-0.3, -0.25) is 0 Å². The van der Waals surface area contributed by atoms with Gasteiger partial charge in [-0.2, -0.15) is 0 Å². The molecule has 0 bridgehead atoms. The molecule has 206 valence electrons. The Kier molecular flexibility index (Phi) is 7.16. The monoisotopic (exact) mass is 532 g/mol. The standard InChI is InChI=1S/C34H40N6/c1-35(2)27-15-19-29(20-16-27)39-25-37(31-11-5-7-13-33(31)39)23-9-10-24-38-26-40(34-14-8-6-12-32(34)38)30-21-17-28(18-22-30)36(3)4/h5-8,11-22H,9-10,23-26H2,1-4H3. The number of hydrogen-bond acceptors (Lipinski definition) is 6. The number of hydrogen-bond donors (Lipinski definition) is 0. The van der Waals surface area contributed by atoms with Gasteiger partial charge in [0.15, 0.2) is 0 Å². The molecule has 2 aliphatic heterocycles. The van der Waals surface area contributed by atoms with Gasteiger partial charge in [0, 0.05) is 64.0 Å². The largest absolute Gasteiger partial charge is 0.378 e. The highest BCUT2D eigenvalue weighted by Crippen LogP contribution is 2.42. The summed E-state index contributed by atoms with van der Waals surface area (Å²) in [4.78, 5) is 14.2. The van der Waals surface area contributed by atoms with Crippen LogP contribution in [0.5, 0.6) is 0 Å². The van der Waals surface area contributed by atoms with E-state index in [2.05, 4.69) is 155 Å². The van der Waals surface area contributed by atoms with Crippen molar-refractivity contribution >= 4 is 45.5 Å². The maximum Gasteiger partial charge on any atom is 0.0953 e. The number of anilines is 8. The number of rotatable bonds is 9. The Bertz CT molecular complexity index is 1320. The van der Waals surface area contributed by atoms with Gasteiger partial charge in [0.2, 0.25) is 0 Å². The van der Waals surface area contributed by atoms with Crippen LogP contribution in [-0.4, -0.2) is 54.6 Å². The molecule has 0 saturated carbocycles. The summed E-state index contributed by atoms with van der Waals surface area (Å²) in [6.45, 7) is 3.89. The van der Waals surface area contributed by atoms with Crippen molar-refractivity contribution in [2.45, 2.75) is 12.8 Å². The van der Waals surface area contributed by atoms with Gasteiger partial charge >= 0.3 is 0 Å². The van der Waals surface area contributed by atoms with Gasteiger partial charge in [0.25, 0.3) is 0 Å². The van der Waals surface area contributed by atoms with Crippen molar-refractivity contribution in [3.8, 4) is 0 Å². The first kappa shape index (κ1) is 25.9. The molecule has 4 aromatic carbocycles. The molecule has 6 rings (SSSR count). The van der Waals surface area contributed by atoms with E-state index in [1.54, 1.807) is 0 Å². The summed E-state index contributed by atoms with van der Waals surface area (Å²) in [5.74, 6) is 0. The molecule has 40 heavy (non-hydrogen) atoms. The van der Waals surface area contributed by atoms with E-state index >= 15 is 0 Å². The zero-order valence-electron chi connectivity index (χ0n) is 24.2. The Morgan fingerprint density at radius 1 is 0.475 bits per heavy atom. The van der Waals surface area contributed by atoms with Crippen LogP contribution in [0.2, 0.25) is 0 Å². The fourth-order valence-electron chi connectivity index (χ4n) is 5.86. The van der Waals surface area contributed by atoms with Crippen LogP contribution in [0, 0.1) is 0 Å². The van der Waals surface area contributed by atoms with Crippen molar-refractivity contribution in [3.63, 3.8) is 0 Å². The van der Waals surface area contributed by atoms with Crippen molar-refractivity contribution in [2.75, 3.05) is 84.0 Å². The molecule has 6 nitrogen and oxygen atoms in total. The SMILES string of the molecule is CN(C)c1ccc(N2CN(CCCCN3CN(c4ccc(N(C)C)cc4)c4ccccc43)c3ccccc32)cc1. The van der Waals surface area contributed by atoms with Crippen LogP contribution in [0.25, 0.3) is 0 Å². The summed E-state index contributed by atoms with van der Waals surface area (Å²) < 4.78 is 0. The van der Waals surface area contributed by atoms with Gasteiger partial charge in [-0.25, -0.2) is 0 Å². The number of para-hydroxylation sites is 4. The summed E-state index contributed by atoms with van der Waals surface area (Å²) in [5, 5.41) is 0. The van der Waals surface area contributed by atoms with Crippen LogP contribution >= 0.6 is 0 Å². The van der Waals surface area contributed by atoms with Gasteiger partial charge in [0.05, 0.1) is 36.1 Å². The lowest BCUT2D eigenvalue weighted by molar-refractivity contribution is 0.678. The van der Waals surface area contributed by atoms with Crippen molar-refractivity contribution in [1.82, 2.24) is 0 Å². The van der Waals surface area contributed by atoms with Crippen LogP contribution in [0.15, 0.2) is 97.1 Å². The topological polar surface area (TPSA) is 19.4 Å². The van der Waals surface area contributed by atoms with E-state index in [-0.39, 0.29) is 0 Å². The molecule has 0 saturated heterocycles. The van der Waals surface area contributed by atoms with Crippen LogP contribution in [0.4, 0.5) is 45.5 Å². The van der Waals surface area contributed by atoms with Gasteiger partial charge in [0.1, 0.15) is 0 Å². The van der Waals surface area contributed by atoms with Crippen molar-refractivity contribution in [3.05, 3.63) is 97.1 Å². The molecule has 4 aromatic rings. The Labute approximate surface area is 239 Å². The van der Waals surface area contributed by atoms with E-state index in [0.717, 1.165) is 39.3 Å². The Hall–Kier alpha value is -4.32. The van der Waals surface area contributed by atoms with Crippen LogP contribution in [-0.2, 0) is 0 Å². The average Bonchev–Trinajstić information content (AvgIpc) is 3.54.